The highest BCUT2D eigenvalue weighted by molar-refractivity contribution is 5.76. The number of nitrogens with zero attached hydrogens (tertiary/aromatic N) is 1. The summed E-state index contributed by atoms with van der Waals surface area (Å²) in [5, 5.41) is 9.53. The minimum absolute atomic E-state index is 0.535. The summed E-state index contributed by atoms with van der Waals surface area (Å²) in [7, 11) is 5.09. The van der Waals surface area contributed by atoms with Gasteiger partial charge in [0.1, 0.15) is 0 Å². The van der Waals surface area contributed by atoms with Crippen LogP contribution in [-0.2, 0) is 9.53 Å². The molecule has 0 radical (unpaired) electrons. The van der Waals surface area contributed by atoms with E-state index in [4.69, 9.17) is 0 Å². The van der Waals surface area contributed by atoms with Crippen molar-refractivity contribution >= 4 is 11.7 Å². The Kier molecular flexibility index (Phi) is 3.68. The van der Waals surface area contributed by atoms with Crippen LogP contribution in [0.25, 0.3) is 0 Å². The largest absolute Gasteiger partial charge is 0.467 e. The molecule has 0 bridgehead atoms. The molecule has 4 nitrogen and oxygen atoms in total. The topological polar surface area (TPSA) is 49.8 Å². The van der Waals surface area contributed by atoms with E-state index < -0.39 is 12.1 Å². The number of methoxy groups -OCH3 is 1. The van der Waals surface area contributed by atoms with E-state index in [9.17, 15) is 9.90 Å². The number of hydrogen-bond acceptors (Lipinski definition) is 4. The summed E-state index contributed by atoms with van der Waals surface area (Å²) in [6.07, 6.45) is -1.20. The van der Waals surface area contributed by atoms with Crippen molar-refractivity contribution in [2.45, 2.75) is 6.10 Å². The van der Waals surface area contributed by atoms with Crippen molar-refractivity contribution in [3.63, 3.8) is 0 Å². The number of esters is 1. The predicted octanol–water partition coefficient (Wildman–Crippen LogP) is 0.959. The van der Waals surface area contributed by atoms with Crippen molar-refractivity contribution in [1.82, 2.24) is 0 Å². The molecular weight excluding hydrogens is 194 g/mol. The van der Waals surface area contributed by atoms with Crippen LogP contribution in [0, 0.1) is 0 Å². The fraction of sp³-hybridized carbons (Fsp3) is 0.364. The molecule has 0 fully saturated rings. The van der Waals surface area contributed by atoms with Crippen LogP contribution < -0.4 is 4.90 Å². The van der Waals surface area contributed by atoms with Crippen molar-refractivity contribution in [3.8, 4) is 0 Å². The first-order chi connectivity index (χ1) is 7.06. The quantitative estimate of drug-likeness (QED) is 0.753. The lowest BCUT2D eigenvalue weighted by atomic mass is 10.1. The van der Waals surface area contributed by atoms with Gasteiger partial charge >= 0.3 is 5.97 Å². The average molecular weight is 209 g/mol. The lowest BCUT2D eigenvalue weighted by molar-refractivity contribution is -0.150. The molecular formula is C11H15NO3. The Morgan fingerprint density at radius 3 is 2.27 bits per heavy atom. The van der Waals surface area contributed by atoms with Crippen molar-refractivity contribution in [3.05, 3.63) is 29.8 Å². The fourth-order valence-corrected chi connectivity index (χ4v) is 1.20. The van der Waals surface area contributed by atoms with E-state index in [1.165, 1.54) is 7.11 Å². The lowest BCUT2D eigenvalue weighted by Gasteiger charge is -2.14. The summed E-state index contributed by atoms with van der Waals surface area (Å²) in [5.41, 5.74) is 1.54. The summed E-state index contributed by atoms with van der Waals surface area (Å²) in [6.45, 7) is 0. The number of ether oxygens (including phenoxy) is 1. The lowest BCUT2D eigenvalue weighted by Crippen LogP contribution is -2.14. The second kappa shape index (κ2) is 4.79. The molecule has 1 N–H and O–H groups in total. The van der Waals surface area contributed by atoms with Gasteiger partial charge in [-0.3, -0.25) is 0 Å². The molecule has 0 aliphatic carbocycles. The molecule has 0 spiro atoms. The number of hydrogen-bond donors (Lipinski definition) is 1. The first-order valence-corrected chi connectivity index (χ1v) is 4.59. The Bertz CT molecular complexity index is 332. The Morgan fingerprint density at radius 2 is 1.87 bits per heavy atom. The highest BCUT2D eigenvalue weighted by atomic mass is 16.5. The zero-order valence-electron chi connectivity index (χ0n) is 9.10. The third-order valence-corrected chi connectivity index (χ3v) is 2.15. The molecule has 82 valence electrons. The van der Waals surface area contributed by atoms with Crippen LogP contribution in [0.1, 0.15) is 11.7 Å². The van der Waals surface area contributed by atoms with Gasteiger partial charge in [0.2, 0.25) is 0 Å². The molecule has 0 aliphatic heterocycles. The normalized spacial score (nSPS) is 12.0. The highest BCUT2D eigenvalue weighted by Gasteiger charge is 2.17. The molecule has 1 unspecified atom stereocenters. The Hall–Kier alpha value is -1.55. The van der Waals surface area contributed by atoms with Crippen LogP contribution in [0.5, 0.6) is 0 Å². The zero-order valence-corrected chi connectivity index (χ0v) is 9.10. The summed E-state index contributed by atoms with van der Waals surface area (Å²) in [6, 6.07) is 7.08. The molecule has 4 heteroatoms. The standard InChI is InChI=1S/C11H15NO3/c1-12(2)9-6-4-8(5-7-9)10(13)11(14)15-3/h4-7,10,13H,1-3H3. The van der Waals surface area contributed by atoms with Crippen molar-refractivity contribution in [2.24, 2.45) is 0 Å². The van der Waals surface area contributed by atoms with Crippen molar-refractivity contribution in [2.75, 3.05) is 26.1 Å². The number of carbonyl (C=O) groups is 1. The third-order valence-electron chi connectivity index (χ3n) is 2.15. The number of benzene rings is 1. The molecule has 0 saturated heterocycles. The van der Waals surface area contributed by atoms with Crippen LogP contribution in [-0.4, -0.2) is 32.3 Å². The van der Waals surface area contributed by atoms with E-state index in [1.54, 1.807) is 12.1 Å². The first-order valence-electron chi connectivity index (χ1n) is 4.59. The Balaban J connectivity index is 2.84. The molecule has 0 amide bonds. The average Bonchev–Trinajstić information content (AvgIpc) is 2.27. The predicted molar refractivity (Wildman–Crippen MR) is 57.7 cm³/mol. The third kappa shape index (κ3) is 2.70. The molecule has 1 aromatic carbocycles. The van der Waals surface area contributed by atoms with Gasteiger partial charge in [0.25, 0.3) is 0 Å². The van der Waals surface area contributed by atoms with E-state index in [0.29, 0.717) is 5.56 Å². The van der Waals surface area contributed by atoms with Gasteiger partial charge < -0.3 is 14.7 Å². The Labute approximate surface area is 89.1 Å². The molecule has 1 rings (SSSR count). The van der Waals surface area contributed by atoms with Crippen LogP contribution >= 0.6 is 0 Å². The summed E-state index contributed by atoms with van der Waals surface area (Å²) in [5.74, 6) is -0.646. The molecule has 1 aromatic rings. The second-order valence-corrected chi connectivity index (χ2v) is 3.41. The maximum absolute atomic E-state index is 11.0. The van der Waals surface area contributed by atoms with E-state index in [0.717, 1.165) is 5.69 Å². The SMILES string of the molecule is COC(=O)C(O)c1ccc(N(C)C)cc1. The van der Waals surface area contributed by atoms with Gasteiger partial charge in [-0.1, -0.05) is 12.1 Å². The fourth-order valence-electron chi connectivity index (χ4n) is 1.20. The number of aliphatic hydroxyl groups is 1. The van der Waals surface area contributed by atoms with Gasteiger partial charge in [0, 0.05) is 19.8 Å². The van der Waals surface area contributed by atoms with Gasteiger partial charge in [-0.05, 0) is 17.7 Å². The first kappa shape index (κ1) is 11.5. The number of anilines is 1. The minimum atomic E-state index is -1.20. The smallest absolute Gasteiger partial charge is 0.339 e. The Morgan fingerprint density at radius 1 is 1.33 bits per heavy atom. The molecule has 15 heavy (non-hydrogen) atoms. The van der Waals surface area contributed by atoms with Gasteiger partial charge in [-0.15, -0.1) is 0 Å². The summed E-state index contributed by atoms with van der Waals surface area (Å²) in [4.78, 5) is 13.0. The van der Waals surface area contributed by atoms with Gasteiger partial charge in [0.05, 0.1) is 7.11 Å². The van der Waals surface area contributed by atoms with Gasteiger partial charge in [-0.25, -0.2) is 4.79 Å². The van der Waals surface area contributed by atoms with E-state index in [1.807, 2.05) is 31.1 Å². The molecule has 1 atom stereocenters. The minimum Gasteiger partial charge on any atom is -0.467 e. The molecule has 0 saturated carbocycles. The summed E-state index contributed by atoms with van der Waals surface area (Å²) < 4.78 is 4.44. The molecule has 0 heterocycles. The molecule has 0 aliphatic rings. The van der Waals surface area contributed by atoms with Crippen LogP contribution in [0.3, 0.4) is 0 Å². The van der Waals surface area contributed by atoms with E-state index >= 15 is 0 Å². The molecule has 0 aromatic heterocycles. The van der Waals surface area contributed by atoms with Gasteiger partial charge in [0.15, 0.2) is 6.10 Å². The number of aliphatic hydroxyl groups excluding tert-OH is 1. The highest BCUT2D eigenvalue weighted by Crippen LogP contribution is 2.18. The van der Waals surface area contributed by atoms with E-state index in [-0.39, 0.29) is 0 Å². The maximum Gasteiger partial charge on any atom is 0.339 e. The number of rotatable bonds is 3. The zero-order chi connectivity index (χ0) is 11.4. The second-order valence-electron chi connectivity index (χ2n) is 3.41. The van der Waals surface area contributed by atoms with Gasteiger partial charge in [-0.2, -0.15) is 0 Å². The van der Waals surface area contributed by atoms with Crippen molar-refractivity contribution < 1.29 is 14.6 Å². The van der Waals surface area contributed by atoms with E-state index in [2.05, 4.69) is 4.74 Å². The van der Waals surface area contributed by atoms with Crippen LogP contribution in [0.15, 0.2) is 24.3 Å². The van der Waals surface area contributed by atoms with Crippen LogP contribution in [0.4, 0.5) is 5.69 Å². The summed E-state index contributed by atoms with van der Waals surface area (Å²) >= 11 is 0. The van der Waals surface area contributed by atoms with Crippen LogP contribution in [0.2, 0.25) is 0 Å². The number of carbonyl (C=O) groups excluding carboxylic acids is 1. The van der Waals surface area contributed by atoms with Crippen molar-refractivity contribution in [1.29, 1.82) is 0 Å². The monoisotopic (exact) mass is 209 g/mol. The maximum atomic E-state index is 11.0.